The normalized spacial score (nSPS) is 10.5. The topological polar surface area (TPSA) is 111 Å². The van der Waals surface area contributed by atoms with Gasteiger partial charge in [-0.3, -0.25) is 0 Å². The van der Waals surface area contributed by atoms with Crippen LogP contribution in [-0.4, -0.2) is 42.1 Å². The molecule has 0 aliphatic rings. The predicted molar refractivity (Wildman–Crippen MR) is 130 cm³/mol. The van der Waals surface area contributed by atoms with E-state index in [0.717, 1.165) is 11.3 Å². The number of thiocarbonyl (C=S) groups is 1. The molecule has 0 aliphatic heterocycles. The second-order valence-electron chi connectivity index (χ2n) is 6.29. The van der Waals surface area contributed by atoms with E-state index < -0.39 is 0 Å². The van der Waals surface area contributed by atoms with E-state index in [1.54, 1.807) is 44.0 Å². The highest BCUT2D eigenvalue weighted by Crippen LogP contribution is 2.29. The predicted octanol–water partition coefficient (Wildman–Crippen LogP) is 3.85. The summed E-state index contributed by atoms with van der Waals surface area (Å²) in [5.74, 6) is 1.15. The van der Waals surface area contributed by atoms with E-state index in [-0.39, 0.29) is 0 Å². The Morgan fingerprint density at radius 2 is 1.42 bits per heavy atom. The summed E-state index contributed by atoms with van der Waals surface area (Å²) in [6.45, 7) is 0.543. The molecule has 3 aromatic heterocycles. The van der Waals surface area contributed by atoms with Gasteiger partial charge in [-0.15, -0.1) is 0 Å². The molecule has 2 N–H and O–H groups in total. The Bertz CT molecular complexity index is 1140. The fourth-order valence-corrected chi connectivity index (χ4v) is 4.17. The standard InChI is InChI=1S/C21H18N8OS3/c1-30-15-6-4-14(5-7-15)13-26-19(31)29-18-27-16(32-20-22-8-2-9-23-20)12-17(28-18)33-21-24-10-3-11-25-21/h2-12H,13H2,1H3,(H2,26,27,28,29,31). The summed E-state index contributed by atoms with van der Waals surface area (Å²) in [6, 6.07) is 13.1. The van der Waals surface area contributed by atoms with Gasteiger partial charge in [0.25, 0.3) is 0 Å². The quantitative estimate of drug-likeness (QED) is 0.211. The third kappa shape index (κ3) is 7.07. The molecule has 0 aliphatic carbocycles. The molecule has 0 bridgehead atoms. The van der Waals surface area contributed by atoms with Crippen molar-refractivity contribution in [2.75, 3.05) is 12.4 Å². The van der Waals surface area contributed by atoms with Crippen LogP contribution < -0.4 is 15.4 Å². The van der Waals surface area contributed by atoms with Crippen LogP contribution in [0.15, 0.2) is 87.6 Å². The molecule has 0 fully saturated rings. The lowest BCUT2D eigenvalue weighted by Crippen LogP contribution is -2.28. The second kappa shape index (κ2) is 11.5. The lowest BCUT2D eigenvalue weighted by molar-refractivity contribution is 0.414. The Hall–Kier alpha value is -3.35. The molecule has 33 heavy (non-hydrogen) atoms. The average molecular weight is 495 g/mol. The van der Waals surface area contributed by atoms with Gasteiger partial charge >= 0.3 is 0 Å². The summed E-state index contributed by atoms with van der Waals surface area (Å²) >= 11 is 8.09. The first-order valence-corrected chi connectivity index (χ1v) is 11.7. The maximum Gasteiger partial charge on any atom is 0.231 e. The number of nitrogens with zero attached hydrogens (tertiary/aromatic N) is 6. The maximum atomic E-state index is 5.44. The van der Waals surface area contributed by atoms with Gasteiger partial charge in [-0.05, 0) is 65.6 Å². The fourth-order valence-electron chi connectivity index (χ4n) is 2.50. The van der Waals surface area contributed by atoms with Crippen LogP contribution in [0.5, 0.6) is 5.75 Å². The van der Waals surface area contributed by atoms with Gasteiger partial charge in [0.05, 0.1) is 7.11 Å². The van der Waals surface area contributed by atoms with Gasteiger partial charge in [-0.1, -0.05) is 12.1 Å². The average Bonchev–Trinajstić information content (AvgIpc) is 2.84. The molecule has 0 radical (unpaired) electrons. The number of hydrogen-bond donors (Lipinski definition) is 2. The van der Waals surface area contributed by atoms with Crippen molar-refractivity contribution < 1.29 is 4.74 Å². The van der Waals surface area contributed by atoms with E-state index in [1.807, 2.05) is 30.3 Å². The first kappa shape index (κ1) is 22.8. The second-order valence-corrected chi connectivity index (χ2v) is 8.67. The van der Waals surface area contributed by atoms with Gasteiger partial charge in [0, 0.05) is 37.4 Å². The van der Waals surface area contributed by atoms with E-state index in [9.17, 15) is 0 Å². The molecule has 9 nitrogen and oxygen atoms in total. The largest absolute Gasteiger partial charge is 0.497 e. The van der Waals surface area contributed by atoms with Gasteiger partial charge in [0.15, 0.2) is 15.4 Å². The van der Waals surface area contributed by atoms with E-state index >= 15 is 0 Å². The van der Waals surface area contributed by atoms with E-state index in [4.69, 9.17) is 17.0 Å². The van der Waals surface area contributed by atoms with Crippen LogP contribution in [0.2, 0.25) is 0 Å². The van der Waals surface area contributed by atoms with Crippen molar-refractivity contribution >= 4 is 46.8 Å². The Morgan fingerprint density at radius 1 is 0.879 bits per heavy atom. The third-order valence-electron chi connectivity index (χ3n) is 3.99. The van der Waals surface area contributed by atoms with Crippen LogP contribution >= 0.6 is 35.7 Å². The lowest BCUT2D eigenvalue weighted by atomic mass is 10.2. The molecule has 4 rings (SSSR count). The molecule has 0 unspecified atom stereocenters. The highest BCUT2D eigenvalue weighted by Gasteiger charge is 2.11. The summed E-state index contributed by atoms with van der Waals surface area (Å²) in [7, 11) is 1.64. The molecule has 0 amide bonds. The molecular formula is C21H18N8OS3. The molecule has 0 atom stereocenters. The van der Waals surface area contributed by atoms with Crippen molar-refractivity contribution in [2.24, 2.45) is 0 Å². The van der Waals surface area contributed by atoms with Crippen molar-refractivity contribution in [3.8, 4) is 5.75 Å². The zero-order valence-corrected chi connectivity index (χ0v) is 19.8. The van der Waals surface area contributed by atoms with Crippen LogP contribution in [-0.2, 0) is 6.54 Å². The van der Waals surface area contributed by atoms with Crippen LogP contribution in [0.4, 0.5) is 5.95 Å². The molecule has 0 saturated heterocycles. The van der Waals surface area contributed by atoms with Crippen LogP contribution in [0.25, 0.3) is 0 Å². The van der Waals surface area contributed by atoms with E-state index in [2.05, 4.69) is 40.5 Å². The van der Waals surface area contributed by atoms with Gasteiger partial charge in [0.2, 0.25) is 5.95 Å². The van der Waals surface area contributed by atoms with Gasteiger partial charge in [0.1, 0.15) is 15.8 Å². The van der Waals surface area contributed by atoms with Gasteiger partial charge in [-0.2, -0.15) is 0 Å². The Kier molecular flexibility index (Phi) is 7.95. The summed E-state index contributed by atoms with van der Waals surface area (Å²) < 4.78 is 5.18. The van der Waals surface area contributed by atoms with Crippen molar-refractivity contribution in [3.63, 3.8) is 0 Å². The molecule has 12 heteroatoms. The Morgan fingerprint density at radius 3 is 1.94 bits per heavy atom. The van der Waals surface area contributed by atoms with E-state index in [0.29, 0.717) is 38.0 Å². The fraction of sp³-hybridized carbons (Fsp3) is 0.0952. The summed E-state index contributed by atoms with van der Waals surface area (Å²) in [6.07, 6.45) is 6.73. The maximum absolute atomic E-state index is 5.44. The number of hydrogen-bond acceptors (Lipinski definition) is 10. The highest BCUT2D eigenvalue weighted by molar-refractivity contribution is 7.99. The minimum Gasteiger partial charge on any atom is -0.497 e. The van der Waals surface area contributed by atoms with Gasteiger partial charge in [-0.25, -0.2) is 29.9 Å². The number of ether oxygens (including phenoxy) is 1. The SMILES string of the molecule is COc1ccc(CNC(=S)Nc2nc(Sc3ncccn3)cc(Sc3ncccn3)n2)cc1. The Labute approximate surface area is 204 Å². The molecule has 0 saturated carbocycles. The van der Waals surface area contributed by atoms with Crippen LogP contribution in [0.1, 0.15) is 5.56 Å². The number of methoxy groups -OCH3 is 1. The third-order valence-corrected chi connectivity index (χ3v) is 5.86. The zero-order chi connectivity index (χ0) is 22.9. The number of rotatable bonds is 8. The van der Waals surface area contributed by atoms with Gasteiger partial charge < -0.3 is 15.4 Å². The molecule has 0 spiro atoms. The van der Waals surface area contributed by atoms with Crippen molar-refractivity contribution in [1.82, 2.24) is 35.2 Å². The highest BCUT2D eigenvalue weighted by atomic mass is 32.2. The lowest BCUT2D eigenvalue weighted by Gasteiger charge is -2.11. The monoisotopic (exact) mass is 494 g/mol. The summed E-state index contributed by atoms with van der Waals surface area (Å²) in [5.41, 5.74) is 1.06. The van der Waals surface area contributed by atoms with Crippen LogP contribution in [0, 0.1) is 0 Å². The molecule has 166 valence electrons. The van der Waals surface area contributed by atoms with Crippen molar-refractivity contribution in [1.29, 1.82) is 0 Å². The summed E-state index contributed by atoms with van der Waals surface area (Å²) in [5, 5.41) is 9.09. The first-order valence-electron chi connectivity index (χ1n) is 9.64. The molecule has 1 aromatic carbocycles. The van der Waals surface area contributed by atoms with Crippen LogP contribution in [0.3, 0.4) is 0 Å². The molecular weight excluding hydrogens is 476 g/mol. The Balaban J connectivity index is 1.48. The van der Waals surface area contributed by atoms with E-state index in [1.165, 1.54) is 23.5 Å². The zero-order valence-electron chi connectivity index (χ0n) is 17.4. The first-order chi connectivity index (χ1) is 16.2. The minimum absolute atomic E-state index is 0.349. The smallest absolute Gasteiger partial charge is 0.231 e. The van der Waals surface area contributed by atoms with Crippen molar-refractivity contribution in [2.45, 2.75) is 26.9 Å². The van der Waals surface area contributed by atoms with Crippen molar-refractivity contribution in [3.05, 3.63) is 72.8 Å². The number of anilines is 1. The number of aromatic nitrogens is 6. The number of nitrogens with one attached hydrogen (secondary N) is 2. The summed E-state index contributed by atoms with van der Waals surface area (Å²) in [4.78, 5) is 26.1. The minimum atomic E-state index is 0.349. The number of benzene rings is 1. The molecule has 4 aromatic rings. The molecule has 3 heterocycles.